The van der Waals surface area contributed by atoms with Gasteiger partial charge in [0.2, 0.25) is 0 Å². The molecule has 2 N–H and O–H groups in total. The molecule has 1 aromatic carbocycles. The molecule has 0 saturated heterocycles. The Labute approximate surface area is 85.0 Å². The summed E-state index contributed by atoms with van der Waals surface area (Å²) < 4.78 is 0. The van der Waals surface area contributed by atoms with Crippen LogP contribution in [0.3, 0.4) is 0 Å². The van der Waals surface area contributed by atoms with Crippen molar-refractivity contribution in [1.29, 1.82) is 0 Å². The minimum atomic E-state index is -0.182. The van der Waals surface area contributed by atoms with Gasteiger partial charge in [-0.15, -0.1) is 0 Å². The van der Waals surface area contributed by atoms with Crippen molar-refractivity contribution in [2.75, 3.05) is 0 Å². The molecule has 0 aliphatic heterocycles. The first-order valence-electron chi connectivity index (χ1n) is 4.72. The lowest BCUT2D eigenvalue weighted by Gasteiger charge is -1.99. The molecule has 0 atom stereocenters. The molecule has 0 bridgehead atoms. The summed E-state index contributed by atoms with van der Waals surface area (Å²) in [4.78, 5) is 21.1. The van der Waals surface area contributed by atoms with Gasteiger partial charge in [0, 0.05) is 11.1 Å². The van der Waals surface area contributed by atoms with E-state index in [4.69, 9.17) is 0 Å². The van der Waals surface area contributed by atoms with E-state index in [1.54, 1.807) is 0 Å². The molecule has 0 amide bonds. The summed E-state index contributed by atoms with van der Waals surface area (Å²) in [5.41, 5.74) is 3.33. The molecule has 2 heterocycles. The van der Waals surface area contributed by atoms with Gasteiger partial charge in [-0.25, -0.2) is 4.79 Å². The number of pyridine rings is 1. The highest BCUT2D eigenvalue weighted by Crippen LogP contribution is 2.20. The zero-order valence-electron chi connectivity index (χ0n) is 8.16. The van der Waals surface area contributed by atoms with Gasteiger partial charge >= 0.3 is 5.69 Å². The predicted molar refractivity (Wildman–Crippen MR) is 59.0 cm³/mol. The fraction of sp³-hybridized carbons (Fsp3) is 0.0909. The summed E-state index contributed by atoms with van der Waals surface area (Å²) in [5, 5.41) is 0.969. The number of nitrogens with zero attached hydrogens (tertiary/aromatic N) is 1. The molecule has 4 heteroatoms. The number of hydrogen-bond acceptors (Lipinski definition) is 2. The van der Waals surface area contributed by atoms with E-state index < -0.39 is 0 Å². The lowest BCUT2D eigenvalue weighted by molar-refractivity contribution is 1.22. The van der Waals surface area contributed by atoms with Crippen LogP contribution in [-0.2, 0) is 0 Å². The molecule has 0 spiro atoms. The van der Waals surface area contributed by atoms with Gasteiger partial charge in [-0.05, 0) is 31.2 Å². The SMILES string of the molecule is Cc1ccc2c(ccc3[nH]c(=O)[nH]c32)n1. The summed E-state index contributed by atoms with van der Waals surface area (Å²) in [7, 11) is 0. The zero-order valence-corrected chi connectivity index (χ0v) is 8.16. The van der Waals surface area contributed by atoms with Crippen LogP contribution in [0.15, 0.2) is 29.1 Å². The fourth-order valence-corrected chi connectivity index (χ4v) is 1.81. The Morgan fingerprint density at radius 1 is 1.13 bits per heavy atom. The van der Waals surface area contributed by atoms with Gasteiger partial charge in [-0.3, -0.25) is 4.98 Å². The highest BCUT2D eigenvalue weighted by molar-refractivity contribution is 6.02. The van der Waals surface area contributed by atoms with Crippen LogP contribution < -0.4 is 5.69 Å². The third kappa shape index (κ3) is 1.15. The van der Waals surface area contributed by atoms with E-state index >= 15 is 0 Å². The summed E-state index contributed by atoms with van der Waals surface area (Å²) in [6.45, 7) is 1.95. The summed E-state index contributed by atoms with van der Waals surface area (Å²) in [6, 6.07) is 7.69. The molecule has 3 aromatic rings. The number of hydrogen-bond donors (Lipinski definition) is 2. The molecule has 15 heavy (non-hydrogen) atoms. The highest BCUT2D eigenvalue weighted by Gasteiger charge is 2.03. The maximum Gasteiger partial charge on any atom is 0.323 e. The van der Waals surface area contributed by atoms with Gasteiger partial charge < -0.3 is 9.97 Å². The third-order valence-corrected chi connectivity index (χ3v) is 2.50. The average Bonchev–Trinajstić information content (AvgIpc) is 2.58. The molecule has 0 unspecified atom stereocenters. The van der Waals surface area contributed by atoms with E-state index in [-0.39, 0.29) is 5.69 Å². The zero-order chi connectivity index (χ0) is 10.4. The van der Waals surface area contributed by atoms with Gasteiger partial charge in [0.1, 0.15) is 0 Å². The number of aryl methyl sites for hydroxylation is 1. The highest BCUT2D eigenvalue weighted by atomic mass is 16.1. The smallest absolute Gasteiger partial charge is 0.306 e. The van der Waals surface area contributed by atoms with Gasteiger partial charge in [-0.1, -0.05) is 0 Å². The number of imidazole rings is 1. The van der Waals surface area contributed by atoms with Crippen LogP contribution in [0.4, 0.5) is 0 Å². The van der Waals surface area contributed by atoms with Gasteiger partial charge in [0.25, 0.3) is 0 Å². The van der Waals surface area contributed by atoms with Crippen LogP contribution in [0.2, 0.25) is 0 Å². The Hall–Kier alpha value is -2.10. The summed E-state index contributed by atoms with van der Waals surface area (Å²) >= 11 is 0. The Balaban J connectivity index is 2.59. The third-order valence-electron chi connectivity index (χ3n) is 2.50. The Kier molecular flexibility index (Phi) is 1.48. The fourth-order valence-electron chi connectivity index (χ4n) is 1.81. The molecule has 3 rings (SSSR count). The minimum Gasteiger partial charge on any atom is -0.306 e. The largest absolute Gasteiger partial charge is 0.323 e. The van der Waals surface area contributed by atoms with E-state index in [0.29, 0.717) is 0 Å². The van der Waals surface area contributed by atoms with Crippen LogP contribution in [0.25, 0.3) is 21.9 Å². The minimum absolute atomic E-state index is 0.182. The van der Waals surface area contributed by atoms with Crippen molar-refractivity contribution < 1.29 is 0 Å². The molecule has 0 radical (unpaired) electrons. The van der Waals surface area contributed by atoms with E-state index in [9.17, 15) is 4.79 Å². The van der Waals surface area contributed by atoms with Crippen LogP contribution in [0.1, 0.15) is 5.69 Å². The molecular formula is C11H9N3O. The topological polar surface area (TPSA) is 61.5 Å². The van der Waals surface area contributed by atoms with Gasteiger partial charge in [0.15, 0.2) is 0 Å². The van der Waals surface area contributed by atoms with Crippen molar-refractivity contribution in [3.8, 4) is 0 Å². The first-order chi connectivity index (χ1) is 7.24. The van der Waals surface area contributed by atoms with Crippen LogP contribution in [0.5, 0.6) is 0 Å². The number of H-pyrrole nitrogens is 2. The molecule has 0 fully saturated rings. The van der Waals surface area contributed by atoms with Gasteiger partial charge in [-0.2, -0.15) is 0 Å². The number of benzene rings is 1. The van der Waals surface area contributed by atoms with Crippen molar-refractivity contribution in [1.82, 2.24) is 15.0 Å². The maximum atomic E-state index is 11.2. The Bertz CT molecular complexity index is 708. The maximum absolute atomic E-state index is 11.2. The van der Waals surface area contributed by atoms with Gasteiger partial charge in [0.05, 0.1) is 16.6 Å². The molecule has 2 aromatic heterocycles. The van der Waals surface area contributed by atoms with Crippen molar-refractivity contribution in [3.05, 3.63) is 40.4 Å². The second-order valence-electron chi connectivity index (χ2n) is 3.59. The number of aromatic nitrogens is 3. The quantitative estimate of drug-likeness (QED) is 0.579. The van der Waals surface area contributed by atoms with Crippen LogP contribution >= 0.6 is 0 Å². The number of fused-ring (bicyclic) bond motifs is 3. The molecule has 74 valence electrons. The summed E-state index contributed by atoms with van der Waals surface area (Å²) in [6.07, 6.45) is 0. The lowest BCUT2D eigenvalue weighted by atomic mass is 10.2. The van der Waals surface area contributed by atoms with E-state index in [1.165, 1.54) is 0 Å². The van der Waals surface area contributed by atoms with Crippen LogP contribution in [0, 0.1) is 6.92 Å². The van der Waals surface area contributed by atoms with Crippen molar-refractivity contribution in [2.45, 2.75) is 6.92 Å². The standard InChI is InChI=1S/C11H9N3O/c1-6-2-3-7-8(12-6)4-5-9-10(7)14-11(15)13-9/h2-5H,1H3,(H2,13,14,15). The van der Waals surface area contributed by atoms with E-state index in [2.05, 4.69) is 15.0 Å². The molecular weight excluding hydrogens is 190 g/mol. The average molecular weight is 199 g/mol. The number of aromatic amines is 2. The Morgan fingerprint density at radius 2 is 2.00 bits per heavy atom. The monoisotopic (exact) mass is 199 g/mol. The normalized spacial score (nSPS) is 11.3. The second-order valence-corrected chi connectivity index (χ2v) is 3.59. The molecule has 0 saturated carbocycles. The molecule has 0 aliphatic carbocycles. The molecule has 4 nitrogen and oxygen atoms in total. The van der Waals surface area contributed by atoms with E-state index in [1.807, 2.05) is 31.2 Å². The first kappa shape index (κ1) is 8.23. The van der Waals surface area contributed by atoms with Crippen molar-refractivity contribution in [2.24, 2.45) is 0 Å². The van der Waals surface area contributed by atoms with Crippen molar-refractivity contribution >= 4 is 21.9 Å². The molecule has 0 aliphatic rings. The number of rotatable bonds is 0. The lowest BCUT2D eigenvalue weighted by Crippen LogP contribution is -1.99. The number of nitrogens with one attached hydrogen (secondary N) is 2. The van der Waals surface area contributed by atoms with Crippen molar-refractivity contribution in [3.63, 3.8) is 0 Å². The summed E-state index contributed by atoms with van der Waals surface area (Å²) in [5.74, 6) is 0. The Morgan fingerprint density at radius 3 is 2.87 bits per heavy atom. The first-order valence-corrected chi connectivity index (χ1v) is 4.72. The van der Waals surface area contributed by atoms with Crippen LogP contribution in [-0.4, -0.2) is 15.0 Å². The van der Waals surface area contributed by atoms with E-state index in [0.717, 1.165) is 27.6 Å². The second kappa shape index (κ2) is 2.70. The predicted octanol–water partition coefficient (Wildman–Crippen LogP) is 1.71.